The Balaban J connectivity index is 2.39. The van der Waals surface area contributed by atoms with Gasteiger partial charge < -0.3 is 5.73 Å². The lowest BCUT2D eigenvalue weighted by molar-refractivity contribution is 1.01. The maximum absolute atomic E-state index is 5.80. The van der Waals surface area contributed by atoms with Gasteiger partial charge in [0.1, 0.15) is 0 Å². The van der Waals surface area contributed by atoms with Gasteiger partial charge in [0, 0.05) is 15.3 Å². The monoisotopic (exact) mass is 201 g/mol. The maximum Gasteiger partial charge on any atom is 0.0353 e. The summed E-state index contributed by atoms with van der Waals surface area (Å²) in [6, 6.07) is 6.21. The summed E-state index contributed by atoms with van der Waals surface area (Å²) in [4.78, 5) is 1.41. The first kappa shape index (κ1) is 8.06. The third-order valence-corrected chi connectivity index (χ3v) is 3.85. The van der Waals surface area contributed by atoms with Gasteiger partial charge in [-0.3, -0.25) is 0 Å². The second-order valence-electron chi connectivity index (χ2n) is 3.64. The molecule has 0 unspecified atom stereocenters. The lowest BCUT2D eigenvalue weighted by Gasteiger charge is -2.04. The molecular weight excluding hydrogens is 190 g/mol. The van der Waals surface area contributed by atoms with Gasteiger partial charge in [0.05, 0.1) is 0 Å². The minimum Gasteiger partial charge on any atom is -0.399 e. The molecule has 2 heteroatoms. The van der Waals surface area contributed by atoms with Crippen LogP contribution in [0.5, 0.6) is 0 Å². The van der Waals surface area contributed by atoms with E-state index in [9.17, 15) is 0 Å². The number of hydrogen-bond donors (Lipinski definition) is 1. The minimum absolute atomic E-state index is 0.868. The standard InChI is InChI=1S/C12H11NS/c13-8-5-6-12-10(7-8)9-3-1-2-4-11(9)14-12/h2,4-7H,1,3,13H2. The largest absolute Gasteiger partial charge is 0.399 e. The normalized spacial score (nSPS) is 14.6. The number of nitrogen functional groups attached to an aromatic ring is 1. The third kappa shape index (κ3) is 1.07. The summed E-state index contributed by atoms with van der Waals surface area (Å²) in [6.07, 6.45) is 6.81. The van der Waals surface area contributed by atoms with Crippen molar-refractivity contribution in [3.8, 4) is 0 Å². The van der Waals surface area contributed by atoms with E-state index < -0.39 is 0 Å². The third-order valence-electron chi connectivity index (χ3n) is 2.68. The van der Waals surface area contributed by atoms with E-state index in [2.05, 4.69) is 24.3 Å². The van der Waals surface area contributed by atoms with Crippen molar-refractivity contribution >= 4 is 33.2 Å². The van der Waals surface area contributed by atoms with Gasteiger partial charge in [-0.15, -0.1) is 11.3 Å². The molecule has 70 valence electrons. The van der Waals surface area contributed by atoms with Crippen LogP contribution < -0.4 is 5.73 Å². The van der Waals surface area contributed by atoms with Crippen LogP contribution in [0.4, 0.5) is 5.69 Å². The Labute approximate surface area is 86.9 Å². The zero-order valence-electron chi connectivity index (χ0n) is 7.79. The number of anilines is 1. The highest BCUT2D eigenvalue weighted by Crippen LogP contribution is 2.36. The Kier molecular flexibility index (Phi) is 1.64. The minimum atomic E-state index is 0.868. The van der Waals surface area contributed by atoms with Gasteiger partial charge in [0.15, 0.2) is 0 Å². The fourth-order valence-corrected chi connectivity index (χ4v) is 3.16. The van der Waals surface area contributed by atoms with Gasteiger partial charge in [-0.2, -0.15) is 0 Å². The molecular formula is C12H11NS. The zero-order chi connectivity index (χ0) is 9.54. The first-order valence-corrected chi connectivity index (χ1v) is 5.64. The lowest BCUT2D eigenvalue weighted by Crippen LogP contribution is -1.89. The van der Waals surface area contributed by atoms with Crippen LogP contribution in [0.3, 0.4) is 0 Å². The van der Waals surface area contributed by atoms with Crippen molar-refractivity contribution in [3.63, 3.8) is 0 Å². The average molecular weight is 201 g/mol. The number of fused-ring (bicyclic) bond motifs is 3. The van der Waals surface area contributed by atoms with E-state index in [1.54, 1.807) is 0 Å². The highest BCUT2D eigenvalue weighted by atomic mass is 32.1. The molecule has 0 saturated carbocycles. The van der Waals surface area contributed by atoms with Gasteiger partial charge in [0.2, 0.25) is 0 Å². The molecule has 1 aliphatic carbocycles. The molecule has 0 spiro atoms. The highest BCUT2D eigenvalue weighted by molar-refractivity contribution is 7.20. The molecule has 0 saturated heterocycles. The van der Waals surface area contributed by atoms with Crippen LogP contribution in [-0.4, -0.2) is 0 Å². The highest BCUT2D eigenvalue weighted by Gasteiger charge is 2.12. The van der Waals surface area contributed by atoms with Crippen molar-refractivity contribution < 1.29 is 0 Å². The van der Waals surface area contributed by atoms with Crippen LogP contribution in [0.15, 0.2) is 24.3 Å². The summed E-state index contributed by atoms with van der Waals surface area (Å²) in [7, 11) is 0. The Bertz CT molecular complexity index is 522. The summed E-state index contributed by atoms with van der Waals surface area (Å²) in [6.45, 7) is 0. The van der Waals surface area contributed by atoms with Gasteiger partial charge in [-0.05, 0) is 48.1 Å². The molecule has 0 atom stereocenters. The predicted octanol–water partition coefficient (Wildman–Crippen LogP) is 3.44. The summed E-state index contributed by atoms with van der Waals surface area (Å²) < 4.78 is 1.36. The van der Waals surface area contributed by atoms with Crippen LogP contribution >= 0.6 is 11.3 Å². The number of benzene rings is 1. The van der Waals surface area contributed by atoms with Crippen molar-refractivity contribution in [2.45, 2.75) is 12.8 Å². The molecule has 0 radical (unpaired) electrons. The van der Waals surface area contributed by atoms with Crippen LogP contribution in [-0.2, 0) is 6.42 Å². The fraction of sp³-hybridized carbons (Fsp3) is 0.167. The molecule has 2 N–H and O–H groups in total. The SMILES string of the molecule is Nc1ccc2sc3c(c2c1)CCC=C3. The Morgan fingerprint density at radius 1 is 1.29 bits per heavy atom. The number of allylic oxidation sites excluding steroid dienone is 1. The van der Waals surface area contributed by atoms with Crippen molar-refractivity contribution in [3.05, 3.63) is 34.7 Å². The van der Waals surface area contributed by atoms with Crippen LogP contribution in [0.25, 0.3) is 16.2 Å². The van der Waals surface area contributed by atoms with E-state index in [0.717, 1.165) is 18.5 Å². The van der Waals surface area contributed by atoms with Crippen molar-refractivity contribution in [2.24, 2.45) is 0 Å². The number of aryl methyl sites for hydroxylation is 1. The fourth-order valence-electron chi connectivity index (χ4n) is 2.00. The van der Waals surface area contributed by atoms with Crippen LogP contribution in [0.1, 0.15) is 16.9 Å². The number of rotatable bonds is 0. The molecule has 2 aromatic rings. The Hall–Kier alpha value is -1.28. The van der Waals surface area contributed by atoms with E-state index >= 15 is 0 Å². The Morgan fingerprint density at radius 3 is 3.14 bits per heavy atom. The quantitative estimate of drug-likeness (QED) is 0.649. The molecule has 1 aliphatic rings. The number of nitrogens with two attached hydrogens (primary N) is 1. The molecule has 1 nitrogen and oxygen atoms in total. The molecule has 0 amide bonds. The zero-order valence-corrected chi connectivity index (χ0v) is 8.60. The van der Waals surface area contributed by atoms with Crippen molar-refractivity contribution in [2.75, 3.05) is 5.73 Å². The summed E-state index contributed by atoms with van der Waals surface area (Å²) in [5, 5.41) is 1.36. The lowest BCUT2D eigenvalue weighted by atomic mass is 10.0. The second kappa shape index (κ2) is 2.85. The van der Waals surface area contributed by atoms with Crippen LogP contribution in [0, 0.1) is 0 Å². The summed E-state index contributed by atoms with van der Waals surface area (Å²) in [5.74, 6) is 0. The van der Waals surface area contributed by atoms with Gasteiger partial charge in [-0.1, -0.05) is 6.08 Å². The first-order valence-electron chi connectivity index (χ1n) is 4.82. The van der Waals surface area contributed by atoms with E-state index in [4.69, 9.17) is 5.73 Å². The van der Waals surface area contributed by atoms with E-state index in [0.29, 0.717) is 0 Å². The first-order chi connectivity index (χ1) is 6.84. The van der Waals surface area contributed by atoms with Crippen molar-refractivity contribution in [1.29, 1.82) is 0 Å². The summed E-state index contributed by atoms with van der Waals surface area (Å²) >= 11 is 1.87. The molecule has 1 heterocycles. The molecule has 1 aromatic carbocycles. The summed E-state index contributed by atoms with van der Waals surface area (Å²) in [5.41, 5.74) is 8.16. The number of thiophene rings is 1. The number of hydrogen-bond acceptors (Lipinski definition) is 2. The van der Waals surface area contributed by atoms with Gasteiger partial charge in [-0.25, -0.2) is 0 Å². The second-order valence-corrected chi connectivity index (χ2v) is 4.73. The smallest absolute Gasteiger partial charge is 0.0353 e. The predicted molar refractivity (Wildman–Crippen MR) is 63.6 cm³/mol. The van der Waals surface area contributed by atoms with E-state index in [-0.39, 0.29) is 0 Å². The molecule has 1 aromatic heterocycles. The van der Waals surface area contributed by atoms with E-state index in [1.807, 2.05) is 17.4 Å². The molecule has 14 heavy (non-hydrogen) atoms. The molecule has 3 rings (SSSR count). The molecule has 0 bridgehead atoms. The Morgan fingerprint density at radius 2 is 2.21 bits per heavy atom. The molecule has 0 fully saturated rings. The van der Waals surface area contributed by atoms with E-state index in [1.165, 1.54) is 20.5 Å². The maximum atomic E-state index is 5.80. The van der Waals surface area contributed by atoms with Crippen molar-refractivity contribution in [1.82, 2.24) is 0 Å². The topological polar surface area (TPSA) is 26.0 Å². The van der Waals surface area contributed by atoms with Crippen LogP contribution in [0.2, 0.25) is 0 Å². The van der Waals surface area contributed by atoms with Gasteiger partial charge >= 0.3 is 0 Å². The average Bonchev–Trinajstić information content (AvgIpc) is 2.56. The van der Waals surface area contributed by atoms with Gasteiger partial charge in [0.25, 0.3) is 0 Å². The molecule has 0 aliphatic heterocycles.